The van der Waals surface area contributed by atoms with Crippen LogP contribution in [0.25, 0.3) is 11.1 Å². The van der Waals surface area contributed by atoms with E-state index in [9.17, 15) is 9.59 Å². The number of carbonyl (C=O) groups is 2. The number of unbranched alkanes of at least 4 members (excludes halogenated alkanes) is 4. The minimum absolute atomic E-state index is 0.127. The first-order valence-corrected chi connectivity index (χ1v) is 26.3. The number of fused-ring (bicyclic) bond motifs is 2. The summed E-state index contributed by atoms with van der Waals surface area (Å²) in [6.45, 7) is 14.6. The zero-order valence-electron chi connectivity index (χ0n) is 40.7. The van der Waals surface area contributed by atoms with Gasteiger partial charge >= 0.3 is 0 Å². The van der Waals surface area contributed by atoms with Gasteiger partial charge in [-0.05, 0) is 159 Å². The topological polar surface area (TPSA) is 64.6 Å². The summed E-state index contributed by atoms with van der Waals surface area (Å²) in [7, 11) is 0. The lowest BCUT2D eigenvalue weighted by atomic mass is 9.80. The summed E-state index contributed by atoms with van der Waals surface area (Å²) < 4.78 is 13.1. The van der Waals surface area contributed by atoms with Gasteiger partial charge in [0.25, 0.3) is 0 Å². The van der Waals surface area contributed by atoms with Gasteiger partial charge in [0.2, 0.25) is 0 Å². The molecule has 348 valence electrons. The van der Waals surface area contributed by atoms with Gasteiger partial charge in [0.05, 0.1) is 24.5 Å². The second-order valence-electron chi connectivity index (χ2n) is 20.1. The molecule has 0 atom stereocenters. The molecule has 2 fully saturated rings. The molecule has 0 aromatic heterocycles. The van der Waals surface area contributed by atoms with Crippen molar-refractivity contribution in [3.8, 4) is 22.6 Å². The molecule has 0 aliphatic heterocycles. The first kappa shape index (κ1) is 47.7. The summed E-state index contributed by atoms with van der Waals surface area (Å²) in [5.41, 5.74) is 9.98. The van der Waals surface area contributed by atoms with Gasteiger partial charge < -0.3 is 14.8 Å². The first-order valence-electron chi connectivity index (χ1n) is 25.5. The molecule has 3 aliphatic carbocycles. The van der Waals surface area contributed by atoms with Crippen molar-refractivity contribution in [1.29, 1.82) is 0 Å². The predicted octanol–water partition coefficient (Wildman–Crippen LogP) is 16.8. The van der Waals surface area contributed by atoms with Crippen molar-refractivity contribution >= 4 is 34.7 Å². The van der Waals surface area contributed by atoms with E-state index in [1.165, 1.54) is 114 Å². The second kappa shape index (κ2) is 22.3. The molecule has 2 saturated carbocycles. The van der Waals surface area contributed by atoms with Crippen LogP contribution in [0.15, 0.2) is 94.7 Å². The Balaban J connectivity index is 0.948. The zero-order chi connectivity index (χ0) is 46.2. The lowest BCUT2D eigenvalue weighted by Crippen LogP contribution is -2.23. The first-order chi connectivity index (χ1) is 32.1. The van der Waals surface area contributed by atoms with E-state index in [0.717, 1.165) is 85.4 Å². The van der Waals surface area contributed by atoms with E-state index in [-0.39, 0.29) is 11.6 Å². The Morgan fingerprint density at radius 2 is 1.00 bits per heavy atom. The Morgan fingerprint density at radius 1 is 0.530 bits per heavy atom. The van der Waals surface area contributed by atoms with E-state index < -0.39 is 0 Å². The molecular formula is C60H73NO4S. The molecule has 0 amide bonds. The minimum Gasteiger partial charge on any atom is -0.493 e. The fourth-order valence-electron chi connectivity index (χ4n) is 11.1. The molecule has 8 rings (SSSR count). The van der Waals surface area contributed by atoms with Crippen molar-refractivity contribution in [3.63, 3.8) is 0 Å². The number of ether oxygens (including phenoxy) is 2. The Hall–Kier alpha value is -4.81. The molecule has 5 aromatic rings. The standard InChI is InChI=1S/C60H73NO4S/c1-7-9-11-15-43-19-23-45(24-20-43)37-64-59-39(3)33-48(34-40(59)4)47-27-29-50(30-28-47)66-54-32-31-53(55-56(54)58(63)52-18-14-13-17-51(52)57(55)62)61-49-35-41(5)60(42(6)36-49)65-38-46-25-21-44(22-26-46)16-12-10-8-2/h13-14,17-18,27-36,43-46,61H,7-12,15-16,19-26,37-38H2,1-6H3. The van der Waals surface area contributed by atoms with Crippen molar-refractivity contribution in [3.05, 3.63) is 129 Å². The molecule has 0 unspecified atom stereocenters. The molecule has 0 bridgehead atoms. The molecule has 0 heterocycles. The summed E-state index contributed by atoms with van der Waals surface area (Å²) in [5.74, 6) is 4.74. The predicted molar refractivity (Wildman–Crippen MR) is 275 cm³/mol. The van der Waals surface area contributed by atoms with E-state index in [1.807, 2.05) is 24.3 Å². The van der Waals surface area contributed by atoms with E-state index in [0.29, 0.717) is 39.8 Å². The number of nitrogens with one attached hydrogen (secondary N) is 1. The van der Waals surface area contributed by atoms with Crippen molar-refractivity contribution < 1.29 is 19.1 Å². The van der Waals surface area contributed by atoms with Crippen LogP contribution >= 0.6 is 11.8 Å². The van der Waals surface area contributed by atoms with Gasteiger partial charge in [-0.2, -0.15) is 0 Å². The third-order valence-corrected chi connectivity index (χ3v) is 16.0. The number of benzene rings is 5. The number of ketones is 2. The third-order valence-electron chi connectivity index (χ3n) is 14.9. The summed E-state index contributed by atoms with van der Waals surface area (Å²) in [6, 6.07) is 28.3. The van der Waals surface area contributed by atoms with Gasteiger partial charge in [0.1, 0.15) is 11.5 Å². The van der Waals surface area contributed by atoms with E-state index in [4.69, 9.17) is 9.47 Å². The van der Waals surface area contributed by atoms with Gasteiger partial charge in [0, 0.05) is 32.2 Å². The smallest absolute Gasteiger partial charge is 0.196 e. The Labute approximate surface area is 400 Å². The number of carbonyl (C=O) groups excluding carboxylic acids is 2. The number of anilines is 2. The van der Waals surface area contributed by atoms with Crippen molar-refractivity contribution in [2.24, 2.45) is 23.7 Å². The average molecular weight is 904 g/mol. The summed E-state index contributed by atoms with van der Waals surface area (Å²) in [5, 5.41) is 3.57. The van der Waals surface area contributed by atoms with E-state index in [2.05, 4.69) is 95.4 Å². The van der Waals surface area contributed by atoms with Crippen molar-refractivity contribution in [1.82, 2.24) is 0 Å². The molecule has 5 aromatic carbocycles. The molecule has 5 nitrogen and oxygen atoms in total. The van der Waals surface area contributed by atoms with E-state index >= 15 is 0 Å². The highest BCUT2D eigenvalue weighted by Crippen LogP contribution is 2.43. The molecule has 66 heavy (non-hydrogen) atoms. The van der Waals surface area contributed by atoms with Crippen LogP contribution in [0.4, 0.5) is 11.4 Å². The zero-order valence-corrected chi connectivity index (χ0v) is 41.5. The van der Waals surface area contributed by atoms with Gasteiger partial charge in [-0.25, -0.2) is 0 Å². The molecule has 0 radical (unpaired) electrons. The van der Waals surface area contributed by atoms with Crippen molar-refractivity contribution in [2.75, 3.05) is 18.5 Å². The third kappa shape index (κ3) is 11.3. The Bertz CT molecular complexity index is 2430. The fourth-order valence-corrected chi connectivity index (χ4v) is 12.1. The summed E-state index contributed by atoms with van der Waals surface area (Å²) in [6.07, 6.45) is 21.2. The highest BCUT2D eigenvalue weighted by Gasteiger charge is 2.34. The van der Waals surface area contributed by atoms with Crippen LogP contribution in [0.3, 0.4) is 0 Å². The van der Waals surface area contributed by atoms with Crippen LogP contribution < -0.4 is 14.8 Å². The van der Waals surface area contributed by atoms with Gasteiger partial charge in [-0.1, -0.05) is 139 Å². The van der Waals surface area contributed by atoms with Crippen LogP contribution in [0.2, 0.25) is 0 Å². The number of aryl methyl sites for hydroxylation is 4. The second-order valence-corrected chi connectivity index (χ2v) is 21.2. The van der Waals surface area contributed by atoms with Crippen LogP contribution in [0.1, 0.15) is 171 Å². The normalized spacial score (nSPS) is 19.3. The summed E-state index contributed by atoms with van der Waals surface area (Å²) in [4.78, 5) is 30.6. The SMILES string of the molecule is CCCCCC1CCC(COc2c(C)cc(Nc3ccc(Sc4ccc(-c5cc(C)c(OCC6CCC(CCCCC)CC6)c(C)c5)cc4)c4c3C(=O)c3ccccc3C4=O)cc2C)CC1. The number of hydrogen-bond acceptors (Lipinski definition) is 6. The highest BCUT2D eigenvalue weighted by molar-refractivity contribution is 7.99. The molecule has 0 spiro atoms. The monoisotopic (exact) mass is 904 g/mol. The molecular weight excluding hydrogens is 831 g/mol. The molecule has 3 aliphatic rings. The molecule has 1 N–H and O–H groups in total. The van der Waals surface area contributed by atoms with Crippen LogP contribution in [0.5, 0.6) is 11.5 Å². The maximum Gasteiger partial charge on any atom is 0.196 e. The highest BCUT2D eigenvalue weighted by atomic mass is 32.2. The van der Waals surface area contributed by atoms with Gasteiger partial charge in [-0.15, -0.1) is 0 Å². The maximum atomic E-state index is 14.4. The van der Waals surface area contributed by atoms with Crippen LogP contribution in [-0.4, -0.2) is 24.8 Å². The molecule has 0 saturated heterocycles. The maximum absolute atomic E-state index is 14.4. The largest absolute Gasteiger partial charge is 0.493 e. The number of hydrogen-bond donors (Lipinski definition) is 1. The Kier molecular flexibility index (Phi) is 16.1. The van der Waals surface area contributed by atoms with Crippen molar-refractivity contribution in [2.45, 2.75) is 154 Å². The van der Waals surface area contributed by atoms with E-state index in [1.54, 1.807) is 12.1 Å². The van der Waals surface area contributed by atoms with Crippen LogP contribution in [-0.2, 0) is 0 Å². The number of rotatable bonds is 19. The lowest BCUT2D eigenvalue weighted by molar-refractivity contribution is 0.0977. The lowest BCUT2D eigenvalue weighted by Gasteiger charge is -2.29. The minimum atomic E-state index is -0.141. The quantitative estimate of drug-likeness (QED) is 0.0817. The van der Waals surface area contributed by atoms with Gasteiger partial charge in [0.15, 0.2) is 11.6 Å². The summed E-state index contributed by atoms with van der Waals surface area (Å²) >= 11 is 1.53. The van der Waals surface area contributed by atoms with Gasteiger partial charge in [-0.3, -0.25) is 9.59 Å². The average Bonchev–Trinajstić information content (AvgIpc) is 3.32. The van der Waals surface area contributed by atoms with Crippen LogP contribution in [0, 0.1) is 51.4 Å². The fraction of sp³-hybridized carbons (Fsp3) is 0.467. The molecule has 6 heteroatoms. The Morgan fingerprint density at radius 3 is 1.50 bits per heavy atom.